The number of piperazine rings is 1. The first-order valence-corrected chi connectivity index (χ1v) is 10.2. The van der Waals surface area contributed by atoms with Crippen LogP contribution in [0.1, 0.15) is 17.7 Å². The molecular formula is C19H21BrN2OS. The SMILES string of the molecule is O=C(C1CC1)N1CCN(Cc2ccc(-c3ccc(Br)cc3)s2)CC1. The minimum absolute atomic E-state index is 0.349. The highest BCUT2D eigenvalue weighted by Crippen LogP contribution is 2.32. The quantitative estimate of drug-likeness (QED) is 0.760. The average molecular weight is 405 g/mol. The smallest absolute Gasteiger partial charge is 0.225 e. The van der Waals surface area contributed by atoms with Crippen LogP contribution in [-0.2, 0) is 11.3 Å². The monoisotopic (exact) mass is 404 g/mol. The molecule has 1 aromatic carbocycles. The molecule has 4 rings (SSSR count). The van der Waals surface area contributed by atoms with Gasteiger partial charge in [0, 0.05) is 52.9 Å². The van der Waals surface area contributed by atoms with Crippen molar-refractivity contribution in [3.05, 3.63) is 45.7 Å². The van der Waals surface area contributed by atoms with E-state index in [9.17, 15) is 4.79 Å². The van der Waals surface area contributed by atoms with Crippen molar-refractivity contribution in [2.75, 3.05) is 26.2 Å². The van der Waals surface area contributed by atoms with E-state index in [1.807, 2.05) is 11.3 Å². The fraction of sp³-hybridized carbons (Fsp3) is 0.421. The molecule has 1 aliphatic heterocycles. The molecule has 1 saturated heterocycles. The summed E-state index contributed by atoms with van der Waals surface area (Å²) in [6, 6.07) is 12.9. The van der Waals surface area contributed by atoms with E-state index in [1.165, 1.54) is 15.3 Å². The molecule has 126 valence electrons. The summed E-state index contributed by atoms with van der Waals surface area (Å²) in [7, 11) is 0. The highest BCUT2D eigenvalue weighted by atomic mass is 79.9. The second-order valence-corrected chi connectivity index (χ2v) is 8.73. The van der Waals surface area contributed by atoms with Crippen LogP contribution in [0, 0.1) is 5.92 Å². The zero-order valence-corrected chi connectivity index (χ0v) is 16.0. The number of rotatable bonds is 4. The van der Waals surface area contributed by atoms with E-state index in [0.717, 1.165) is 50.0 Å². The summed E-state index contributed by atoms with van der Waals surface area (Å²) in [6.45, 7) is 4.75. The van der Waals surface area contributed by atoms with E-state index in [0.29, 0.717) is 11.8 Å². The average Bonchev–Trinajstić information content (AvgIpc) is 3.35. The number of hydrogen-bond donors (Lipinski definition) is 0. The molecule has 2 aromatic rings. The third-order valence-electron chi connectivity index (χ3n) is 4.78. The molecule has 2 heterocycles. The molecule has 0 unspecified atom stereocenters. The van der Waals surface area contributed by atoms with Crippen LogP contribution in [0.2, 0.25) is 0 Å². The van der Waals surface area contributed by atoms with Crippen LogP contribution in [0.15, 0.2) is 40.9 Å². The lowest BCUT2D eigenvalue weighted by atomic mass is 10.2. The van der Waals surface area contributed by atoms with Crippen molar-refractivity contribution in [3.63, 3.8) is 0 Å². The normalized spacial score (nSPS) is 18.8. The molecule has 0 spiro atoms. The number of halogens is 1. The van der Waals surface area contributed by atoms with E-state index < -0.39 is 0 Å². The van der Waals surface area contributed by atoms with Crippen LogP contribution < -0.4 is 0 Å². The Labute approximate surface area is 155 Å². The third-order valence-corrected chi connectivity index (χ3v) is 6.43. The van der Waals surface area contributed by atoms with Gasteiger partial charge in [0.15, 0.2) is 0 Å². The predicted octanol–water partition coefficient (Wildman–Crippen LogP) is 4.23. The van der Waals surface area contributed by atoms with Gasteiger partial charge in [-0.15, -0.1) is 11.3 Å². The molecule has 24 heavy (non-hydrogen) atoms. The van der Waals surface area contributed by atoms with E-state index >= 15 is 0 Å². The Morgan fingerprint density at radius 1 is 1.04 bits per heavy atom. The lowest BCUT2D eigenvalue weighted by Crippen LogP contribution is -2.48. The van der Waals surface area contributed by atoms with Crippen LogP contribution in [0.5, 0.6) is 0 Å². The fourth-order valence-electron chi connectivity index (χ4n) is 3.17. The summed E-state index contributed by atoms with van der Waals surface area (Å²) in [4.78, 5) is 19.4. The van der Waals surface area contributed by atoms with Crippen molar-refractivity contribution in [2.45, 2.75) is 19.4 Å². The van der Waals surface area contributed by atoms with Gasteiger partial charge in [0.1, 0.15) is 0 Å². The van der Waals surface area contributed by atoms with Gasteiger partial charge in [-0.2, -0.15) is 0 Å². The van der Waals surface area contributed by atoms with Crippen LogP contribution in [0.3, 0.4) is 0 Å². The Morgan fingerprint density at radius 3 is 2.42 bits per heavy atom. The first-order valence-electron chi connectivity index (χ1n) is 8.55. The van der Waals surface area contributed by atoms with Crippen LogP contribution in [0.25, 0.3) is 10.4 Å². The summed E-state index contributed by atoms with van der Waals surface area (Å²) >= 11 is 5.36. The number of hydrogen-bond acceptors (Lipinski definition) is 3. The van der Waals surface area contributed by atoms with Gasteiger partial charge < -0.3 is 4.90 Å². The van der Waals surface area contributed by atoms with Crippen LogP contribution in [0.4, 0.5) is 0 Å². The summed E-state index contributed by atoms with van der Waals surface area (Å²) < 4.78 is 1.11. The molecule has 0 atom stereocenters. The van der Waals surface area contributed by atoms with Gasteiger partial charge in [-0.1, -0.05) is 28.1 Å². The zero-order chi connectivity index (χ0) is 16.5. The summed E-state index contributed by atoms with van der Waals surface area (Å²) in [5, 5.41) is 0. The number of amides is 1. The fourth-order valence-corrected chi connectivity index (χ4v) is 4.49. The second kappa shape index (κ2) is 6.98. The molecule has 1 aliphatic carbocycles. The van der Waals surface area contributed by atoms with E-state index in [4.69, 9.17) is 0 Å². The highest BCUT2D eigenvalue weighted by Gasteiger charge is 2.34. The standard InChI is InChI=1S/C19H21BrN2OS/c20-16-5-3-14(4-6-16)18-8-7-17(24-18)13-21-9-11-22(12-10-21)19(23)15-1-2-15/h3-8,15H,1-2,9-13H2. The summed E-state index contributed by atoms with van der Waals surface area (Å²) in [5.41, 5.74) is 1.27. The lowest BCUT2D eigenvalue weighted by Gasteiger charge is -2.34. The van der Waals surface area contributed by atoms with Gasteiger partial charge >= 0.3 is 0 Å². The van der Waals surface area contributed by atoms with Crippen molar-refractivity contribution >= 4 is 33.2 Å². The number of thiophene rings is 1. The van der Waals surface area contributed by atoms with Crippen molar-refractivity contribution in [1.29, 1.82) is 0 Å². The number of nitrogens with zero attached hydrogens (tertiary/aromatic N) is 2. The Balaban J connectivity index is 1.33. The maximum absolute atomic E-state index is 12.1. The molecule has 3 nitrogen and oxygen atoms in total. The van der Waals surface area contributed by atoms with Crippen molar-refractivity contribution in [1.82, 2.24) is 9.80 Å². The van der Waals surface area contributed by atoms with E-state index in [1.54, 1.807) is 0 Å². The topological polar surface area (TPSA) is 23.6 Å². The zero-order valence-electron chi connectivity index (χ0n) is 13.6. The summed E-state index contributed by atoms with van der Waals surface area (Å²) in [5.74, 6) is 0.741. The molecule has 2 aliphatic rings. The molecule has 1 saturated carbocycles. The van der Waals surface area contributed by atoms with Crippen molar-refractivity contribution < 1.29 is 4.79 Å². The molecule has 2 fully saturated rings. The van der Waals surface area contributed by atoms with Gasteiger partial charge in [0.05, 0.1) is 0 Å². The Kier molecular flexibility index (Phi) is 4.74. The minimum Gasteiger partial charge on any atom is -0.340 e. The first-order chi connectivity index (χ1) is 11.7. The minimum atomic E-state index is 0.349. The van der Waals surface area contributed by atoms with Gasteiger partial charge in [-0.25, -0.2) is 0 Å². The number of carbonyl (C=O) groups is 1. The van der Waals surface area contributed by atoms with Gasteiger partial charge in [0.25, 0.3) is 0 Å². The van der Waals surface area contributed by atoms with Gasteiger partial charge in [-0.3, -0.25) is 9.69 Å². The first kappa shape index (κ1) is 16.3. The largest absolute Gasteiger partial charge is 0.340 e. The Bertz CT molecular complexity index is 715. The second-order valence-electron chi connectivity index (χ2n) is 6.65. The van der Waals surface area contributed by atoms with E-state index in [2.05, 4.69) is 62.1 Å². The van der Waals surface area contributed by atoms with Crippen molar-refractivity contribution in [3.8, 4) is 10.4 Å². The third kappa shape index (κ3) is 3.73. The molecule has 1 amide bonds. The maximum Gasteiger partial charge on any atom is 0.225 e. The predicted molar refractivity (Wildman–Crippen MR) is 102 cm³/mol. The van der Waals surface area contributed by atoms with Gasteiger partial charge in [-0.05, 0) is 42.7 Å². The molecule has 1 aromatic heterocycles. The Morgan fingerprint density at radius 2 is 1.75 bits per heavy atom. The molecular weight excluding hydrogens is 384 g/mol. The van der Waals surface area contributed by atoms with Gasteiger partial charge in [0.2, 0.25) is 5.91 Å². The Hall–Kier alpha value is -1.17. The highest BCUT2D eigenvalue weighted by molar-refractivity contribution is 9.10. The van der Waals surface area contributed by atoms with Crippen LogP contribution in [-0.4, -0.2) is 41.9 Å². The summed E-state index contributed by atoms with van der Waals surface area (Å²) in [6.07, 6.45) is 2.21. The number of carbonyl (C=O) groups excluding carboxylic acids is 1. The number of benzene rings is 1. The molecule has 0 radical (unpaired) electrons. The molecule has 5 heteroatoms. The molecule has 0 N–H and O–H groups in total. The lowest BCUT2D eigenvalue weighted by molar-refractivity contribution is -0.134. The van der Waals surface area contributed by atoms with Crippen molar-refractivity contribution in [2.24, 2.45) is 5.92 Å². The molecule has 0 bridgehead atoms. The maximum atomic E-state index is 12.1. The van der Waals surface area contributed by atoms with E-state index in [-0.39, 0.29) is 0 Å². The van der Waals surface area contributed by atoms with Crippen LogP contribution >= 0.6 is 27.3 Å².